The largest absolute Gasteiger partial charge is 0.463 e. The second kappa shape index (κ2) is 9.98. The Labute approximate surface area is 139 Å². The van der Waals surface area contributed by atoms with Crippen molar-refractivity contribution in [3.8, 4) is 0 Å². The van der Waals surface area contributed by atoms with Crippen molar-refractivity contribution < 1.29 is 14.3 Å². The van der Waals surface area contributed by atoms with Crippen LogP contribution < -0.4 is 0 Å². The number of hydrogen-bond donors (Lipinski definition) is 0. The highest BCUT2D eigenvalue weighted by Gasteiger charge is 2.26. The molecule has 0 fully saturated rings. The van der Waals surface area contributed by atoms with Crippen LogP contribution in [0.3, 0.4) is 0 Å². The van der Waals surface area contributed by atoms with Crippen LogP contribution in [0.2, 0.25) is 0 Å². The summed E-state index contributed by atoms with van der Waals surface area (Å²) in [7, 11) is 1.94. The third-order valence-electron chi connectivity index (χ3n) is 3.52. The molecule has 0 bridgehead atoms. The van der Waals surface area contributed by atoms with Crippen LogP contribution in [0.1, 0.15) is 25.5 Å². The van der Waals surface area contributed by atoms with Crippen LogP contribution in [-0.2, 0) is 14.3 Å². The van der Waals surface area contributed by atoms with Crippen molar-refractivity contribution in [1.82, 2.24) is 4.90 Å². The van der Waals surface area contributed by atoms with Gasteiger partial charge in [0, 0.05) is 18.7 Å². The monoisotopic (exact) mass is 317 g/mol. The summed E-state index contributed by atoms with van der Waals surface area (Å²) >= 11 is 0. The second-order valence-electron chi connectivity index (χ2n) is 5.25. The lowest BCUT2D eigenvalue weighted by atomic mass is 9.99. The van der Waals surface area contributed by atoms with Crippen molar-refractivity contribution in [3.63, 3.8) is 0 Å². The summed E-state index contributed by atoms with van der Waals surface area (Å²) in [6.45, 7) is 12.8. The van der Waals surface area contributed by atoms with Crippen LogP contribution in [0.25, 0.3) is 0 Å². The number of benzene rings is 1. The number of hydrogen-bond acceptors (Lipinski definition) is 4. The summed E-state index contributed by atoms with van der Waals surface area (Å²) in [5, 5.41) is 0. The first-order chi connectivity index (χ1) is 11.0. The number of carbonyl (C=O) groups is 1. The Morgan fingerprint density at radius 1 is 1.26 bits per heavy atom. The lowest BCUT2D eigenvalue weighted by molar-refractivity contribution is -0.138. The maximum atomic E-state index is 11.8. The van der Waals surface area contributed by atoms with E-state index in [0.29, 0.717) is 25.3 Å². The average molecular weight is 317 g/mol. The third kappa shape index (κ3) is 5.66. The quantitative estimate of drug-likeness (QED) is 0.377. The van der Waals surface area contributed by atoms with Gasteiger partial charge < -0.3 is 9.47 Å². The van der Waals surface area contributed by atoms with Gasteiger partial charge in [-0.1, -0.05) is 43.0 Å². The molecule has 23 heavy (non-hydrogen) atoms. The lowest BCUT2D eigenvalue weighted by Gasteiger charge is -2.33. The van der Waals surface area contributed by atoms with Gasteiger partial charge in [0.25, 0.3) is 0 Å². The van der Waals surface area contributed by atoms with Gasteiger partial charge in [0.1, 0.15) is 0 Å². The molecule has 1 rings (SSSR count). The molecule has 126 valence electrons. The first kappa shape index (κ1) is 19.1. The summed E-state index contributed by atoms with van der Waals surface area (Å²) < 4.78 is 10.8. The van der Waals surface area contributed by atoms with Gasteiger partial charge >= 0.3 is 5.97 Å². The molecule has 0 aliphatic heterocycles. The predicted octanol–water partition coefficient (Wildman–Crippen LogP) is 3.37. The van der Waals surface area contributed by atoms with E-state index in [1.165, 1.54) is 0 Å². The third-order valence-corrected chi connectivity index (χ3v) is 3.52. The van der Waals surface area contributed by atoms with Crippen LogP contribution in [0.4, 0.5) is 0 Å². The summed E-state index contributed by atoms with van der Waals surface area (Å²) in [5.74, 6) is -0.363. The van der Waals surface area contributed by atoms with Crippen LogP contribution in [-0.4, -0.2) is 43.8 Å². The number of nitrogens with zero attached hydrogens (tertiary/aromatic N) is 1. The topological polar surface area (TPSA) is 38.8 Å². The minimum Gasteiger partial charge on any atom is -0.463 e. The fourth-order valence-corrected chi connectivity index (χ4v) is 2.52. The molecule has 0 unspecified atom stereocenters. The zero-order valence-electron chi connectivity index (χ0n) is 14.3. The second-order valence-corrected chi connectivity index (χ2v) is 5.25. The van der Waals surface area contributed by atoms with Crippen LogP contribution in [0.15, 0.2) is 55.1 Å². The highest BCUT2D eigenvalue weighted by molar-refractivity contribution is 5.88. The van der Waals surface area contributed by atoms with E-state index in [-0.39, 0.29) is 18.1 Å². The van der Waals surface area contributed by atoms with Gasteiger partial charge in [0.2, 0.25) is 0 Å². The molecule has 0 spiro atoms. The Bertz CT molecular complexity index is 513. The normalized spacial score (nSPS) is 13.4. The van der Waals surface area contributed by atoms with Gasteiger partial charge in [-0.15, -0.1) is 6.58 Å². The van der Waals surface area contributed by atoms with Crippen molar-refractivity contribution >= 4 is 5.97 Å². The lowest BCUT2D eigenvalue weighted by Crippen LogP contribution is -2.36. The van der Waals surface area contributed by atoms with Crippen molar-refractivity contribution in [2.45, 2.75) is 26.0 Å². The molecule has 0 aliphatic rings. The van der Waals surface area contributed by atoms with Gasteiger partial charge in [-0.3, -0.25) is 4.90 Å². The number of carbonyl (C=O) groups excluding carboxylic acids is 1. The SMILES string of the molecule is C=C[C@@H](OCC)[C@@H](c1ccccc1)N(C)CC(=C)C(=O)OCC. The Balaban J connectivity index is 2.97. The zero-order valence-corrected chi connectivity index (χ0v) is 14.3. The van der Waals surface area contributed by atoms with Crippen molar-refractivity contribution in [2.24, 2.45) is 0 Å². The van der Waals surface area contributed by atoms with Crippen molar-refractivity contribution in [1.29, 1.82) is 0 Å². The summed E-state index contributed by atoms with van der Waals surface area (Å²) in [6, 6.07) is 9.99. The van der Waals surface area contributed by atoms with E-state index in [1.54, 1.807) is 13.0 Å². The molecule has 4 heteroatoms. The van der Waals surface area contributed by atoms with Gasteiger partial charge in [0.05, 0.1) is 18.8 Å². The first-order valence-electron chi connectivity index (χ1n) is 7.89. The molecular weight excluding hydrogens is 290 g/mol. The summed E-state index contributed by atoms with van der Waals surface area (Å²) in [5.41, 5.74) is 1.53. The number of ether oxygens (including phenoxy) is 2. The van der Waals surface area contributed by atoms with E-state index >= 15 is 0 Å². The molecule has 0 aromatic heterocycles. The standard InChI is InChI=1S/C19H27NO3/c1-6-17(22-7-2)18(16-12-10-9-11-13-16)20(5)14-15(4)19(21)23-8-3/h6,9-13,17-18H,1,4,7-8,14H2,2-3,5H3/t17-,18-/m1/s1. The van der Waals surface area contributed by atoms with E-state index in [1.807, 2.05) is 49.2 Å². The number of esters is 1. The molecule has 0 heterocycles. The van der Waals surface area contributed by atoms with Crippen molar-refractivity contribution in [2.75, 3.05) is 26.8 Å². The average Bonchev–Trinajstić information content (AvgIpc) is 2.55. The van der Waals surface area contributed by atoms with Crippen LogP contribution in [0.5, 0.6) is 0 Å². The Morgan fingerprint density at radius 2 is 1.91 bits per heavy atom. The van der Waals surface area contributed by atoms with Gasteiger partial charge in [-0.25, -0.2) is 4.79 Å². The molecule has 0 saturated heterocycles. The van der Waals surface area contributed by atoms with Crippen LogP contribution >= 0.6 is 0 Å². The van der Waals surface area contributed by atoms with Crippen LogP contribution in [0, 0.1) is 0 Å². The maximum absolute atomic E-state index is 11.8. The Morgan fingerprint density at radius 3 is 2.43 bits per heavy atom. The van der Waals surface area contributed by atoms with E-state index in [0.717, 1.165) is 5.56 Å². The minimum atomic E-state index is -0.363. The fraction of sp³-hybridized carbons (Fsp3) is 0.421. The molecule has 1 aromatic rings. The van der Waals surface area contributed by atoms with Gasteiger partial charge in [-0.2, -0.15) is 0 Å². The first-order valence-corrected chi connectivity index (χ1v) is 7.89. The van der Waals surface area contributed by atoms with Crippen molar-refractivity contribution in [3.05, 3.63) is 60.7 Å². The number of rotatable bonds is 10. The zero-order chi connectivity index (χ0) is 17.2. The smallest absolute Gasteiger partial charge is 0.334 e. The predicted molar refractivity (Wildman–Crippen MR) is 93.2 cm³/mol. The molecule has 0 radical (unpaired) electrons. The van der Waals surface area contributed by atoms with Gasteiger partial charge in [0.15, 0.2) is 0 Å². The Kier molecular flexibility index (Phi) is 8.30. The summed E-state index contributed by atoms with van der Waals surface area (Å²) in [6.07, 6.45) is 1.62. The molecule has 1 aromatic carbocycles. The molecule has 4 nitrogen and oxygen atoms in total. The molecule has 0 N–H and O–H groups in total. The summed E-state index contributed by atoms with van der Waals surface area (Å²) in [4.78, 5) is 13.8. The molecule has 2 atom stereocenters. The van der Waals surface area contributed by atoms with Gasteiger partial charge in [-0.05, 0) is 26.5 Å². The fourth-order valence-electron chi connectivity index (χ4n) is 2.52. The molecule has 0 amide bonds. The Hall–Kier alpha value is -1.91. The molecular formula is C19H27NO3. The molecule has 0 aliphatic carbocycles. The number of likely N-dealkylation sites (N-methyl/N-ethyl adjacent to an activating group) is 1. The van der Waals surface area contributed by atoms with E-state index < -0.39 is 0 Å². The maximum Gasteiger partial charge on any atom is 0.334 e. The van der Waals surface area contributed by atoms with E-state index in [4.69, 9.17) is 9.47 Å². The minimum absolute atomic E-state index is 0.0557. The molecule has 0 saturated carbocycles. The highest BCUT2D eigenvalue weighted by atomic mass is 16.5. The van der Waals surface area contributed by atoms with E-state index in [2.05, 4.69) is 13.2 Å². The highest BCUT2D eigenvalue weighted by Crippen LogP contribution is 2.26. The van der Waals surface area contributed by atoms with E-state index in [9.17, 15) is 4.79 Å².